The fourth-order valence-electron chi connectivity index (χ4n) is 1.94. The lowest BCUT2D eigenvalue weighted by Gasteiger charge is -2.32. The summed E-state index contributed by atoms with van der Waals surface area (Å²) in [6.45, 7) is 7.54. The molecule has 0 spiro atoms. The van der Waals surface area contributed by atoms with E-state index in [4.69, 9.17) is 15.0 Å². The summed E-state index contributed by atoms with van der Waals surface area (Å²) in [5.74, 6) is -1.24. The molecule has 0 unspecified atom stereocenters. The third kappa shape index (κ3) is 2.55. The van der Waals surface area contributed by atoms with Crippen molar-refractivity contribution in [2.45, 2.75) is 45.3 Å². The van der Waals surface area contributed by atoms with Gasteiger partial charge in [0.05, 0.1) is 23.3 Å². The fraction of sp³-hybridized carbons (Fsp3) is 0.538. The van der Waals surface area contributed by atoms with Crippen molar-refractivity contribution in [1.29, 1.82) is 0 Å². The standard InChI is InChI=1S/C13H18BFN2O3/c1-12(2)13(3,4)20-14(19-12)8-5-6-17-9(11(8)15)7-10(16)18/h5-6H,7H2,1-4H3,(H2,16,18). The molecule has 1 aromatic rings. The van der Waals surface area contributed by atoms with Crippen LogP contribution in [0.5, 0.6) is 0 Å². The van der Waals surface area contributed by atoms with E-state index in [2.05, 4.69) is 4.98 Å². The van der Waals surface area contributed by atoms with Gasteiger partial charge in [0.2, 0.25) is 5.91 Å². The van der Waals surface area contributed by atoms with Crippen molar-refractivity contribution in [3.05, 3.63) is 23.8 Å². The van der Waals surface area contributed by atoms with Gasteiger partial charge in [0.25, 0.3) is 0 Å². The van der Waals surface area contributed by atoms with Gasteiger partial charge < -0.3 is 15.0 Å². The zero-order valence-electron chi connectivity index (χ0n) is 12.1. The van der Waals surface area contributed by atoms with Gasteiger partial charge in [0.1, 0.15) is 5.82 Å². The number of halogens is 1. The fourth-order valence-corrected chi connectivity index (χ4v) is 1.94. The van der Waals surface area contributed by atoms with Crippen LogP contribution >= 0.6 is 0 Å². The largest absolute Gasteiger partial charge is 0.497 e. The number of aromatic nitrogens is 1. The zero-order valence-corrected chi connectivity index (χ0v) is 12.1. The molecule has 1 aromatic heterocycles. The first-order valence-electron chi connectivity index (χ1n) is 6.41. The Bertz CT molecular complexity index is 532. The van der Waals surface area contributed by atoms with E-state index in [1.165, 1.54) is 12.3 Å². The smallest absolute Gasteiger partial charge is 0.399 e. The van der Waals surface area contributed by atoms with E-state index in [1.54, 1.807) is 0 Å². The van der Waals surface area contributed by atoms with Gasteiger partial charge >= 0.3 is 7.12 Å². The van der Waals surface area contributed by atoms with Crippen molar-refractivity contribution in [2.24, 2.45) is 5.73 Å². The minimum Gasteiger partial charge on any atom is -0.399 e. The van der Waals surface area contributed by atoms with Crippen molar-refractivity contribution in [3.63, 3.8) is 0 Å². The van der Waals surface area contributed by atoms with E-state index < -0.39 is 30.0 Å². The van der Waals surface area contributed by atoms with Crippen LogP contribution in [-0.4, -0.2) is 29.2 Å². The average molecular weight is 280 g/mol. The molecule has 0 aliphatic carbocycles. The summed E-state index contributed by atoms with van der Waals surface area (Å²) in [6, 6.07) is 1.49. The molecule has 20 heavy (non-hydrogen) atoms. The molecule has 1 fully saturated rings. The first-order chi connectivity index (χ1) is 9.14. The molecule has 2 N–H and O–H groups in total. The van der Waals surface area contributed by atoms with Gasteiger partial charge in [-0.2, -0.15) is 0 Å². The van der Waals surface area contributed by atoms with Crippen molar-refractivity contribution >= 4 is 18.5 Å². The first-order valence-corrected chi connectivity index (χ1v) is 6.41. The molecule has 0 atom stereocenters. The van der Waals surface area contributed by atoms with Crippen LogP contribution in [0, 0.1) is 5.82 Å². The highest BCUT2D eigenvalue weighted by atomic mass is 19.1. The monoisotopic (exact) mass is 280 g/mol. The number of rotatable bonds is 3. The summed E-state index contributed by atoms with van der Waals surface area (Å²) in [6.07, 6.45) is 1.17. The average Bonchev–Trinajstić information content (AvgIpc) is 2.50. The number of primary amides is 1. The molecule has 0 radical (unpaired) electrons. The Morgan fingerprint density at radius 2 is 1.90 bits per heavy atom. The van der Waals surface area contributed by atoms with Gasteiger partial charge in [-0.05, 0) is 33.8 Å². The molecule has 1 aliphatic rings. The molecule has 0 saturated carbocycles. The molecule has 1 saturated heterocycles. The van der Waals surface area contributed by atoms with E-state index in [9.17, 15) is 9.18 Å². The zero-order chi connectivity index (χ0) is 15.1. The van der Waals surface area contributed by atoms with Crippen molar-refractivity contribution in [1.82, 2.24) is 4.98 Å². The van der Waals surface area contributed by atoms with Gasteiger partial charge in [0.15, 0.2) is 0 Å². The number of nitrogens with two attached hydrogens (primary N) is 1. The molecule has 7 heteroatoms. The Kier molecular flexibility index (Phi) is 3.60. The van der Waals surface area contributed by atoms with E-state index in [-0.39, 0.29) is 17.6 Å². The summed E-state index contributed by atoms with van der Waals surface area (Å²) < 4.78 is 25.9. The minimum atomic E-state index is -0.824. The van der Waals surface area contributed by atoms with Crippen LogP contribution in [0.15, 0.2) is 12.3 Å². The normalized spacial score (nSPS) is 20.1. The molecule has 1 aliphatic heterocycles. The van der Waals surface area contributed by atoms with E-state index in [1.807, 2.05) is 27.7 Å². The predicted molar refractivity (Wildman–Crippen MR) is 72.8 cm³/mol. The maximum atomic E-state index is 14.4. The second-order valence-electron chi connectivity index (χ2n) is 5.89. The quantitative estimate of drug-likeness (QED) is 0.820. The molecular formula is C13H18BFN2O3. The number of pyridine rings is 1. The Balaban J connectivity index is 2.34. The summed E-state index contributed by atoms with van der Waals surface area (Å²) >= 11 is 0. The number of hydrogen-bond acceptors (Lipinski definition) is 4. The van der Waals surface area contributed by atoms with Crippen LogP contribution in [0.3, 0.4) is 0 Å². The maximum absolute atomic E-state index is 14.4. The van der Waals surface area contributed by atoms with Crippen LogP contribution in [0.4, 0.5) is 4.39 Å². The number of nitrogens with zero attached hydrogens (tertiary/aromatic N) is 1. The van der Waals surface area contributed by atoms with E-state index in [0.717, 1.165) is 0 Å². The van der Waals surface area contributed by atoms with Crippen molar-refractivity contribution in [2.75, 3.05) is 0 Å². The second-order valence-corrected chi connectivity index (χ2v) is 5.89. The summed E-state index contributed by atoms with van der Waals surface area (Å²) in [4.78, 5) is 14.7. The van der Waals surface area contributed by atoms with Crippen molar-refractivity contribution < 1.29 is 18.5 Å². The SMILES string of the molecule is CC1(C)OB(c2ccnc(CC(N)=O)c2F)OC1(C)C. The molecule has 2 heterocycles. The molecule has 108 valence electrons. The molecular weight excluding hydrogens is 262 g/mol. The van der Waals surface area contributed by atoms with Gasteiger partial charge in [0, 0.05) is 11.7 Å². The van der Waals surface area contributed by atoms with Gasteiger partial charge in [-0.1, -0.05) is 0 Å². The van der Waals surface area contributed by atoms with Gasteiger partial charge in [-0.15, -0.1) is 0 Å². The highest BCUT2D eigenvalue weighted by Crippen LogP contribution is 2.36. The lowest BCUT2D eigenvalue weighted by molar-refractivity contribution is -0.117. The maximum Gasteiger partial charge on any atom is 0.497 e. The summed E-state index contributed by atoms with van der Waals surface area (Å²) in [7, 11) is -0.824. The number of amides is 1. The lowest BCUT2D eigenvalue weighted by Crippen LogP contribution is -2.41. The third-order valence-corrected chi connectivity index (χ3v) is 3.84. The van der Waals surface area contributed by atoms with E-state index in [0.29, 0.717) is 0 Å². The Hall–Kier alpha value is -1.47. The van der Waals surface area contributed by atoms with Crippen LogP contribution in [-0.2, 0) is 20.5 Å². The lowest BCUT2D eigenvalue weighted by atomic mass is 9.78. The van der Waals surface area contributed by atoms with Gasteiger partial charge in [-0.25, -0.2) is 4.39 Å². The molecule has 5 nitrogen and oxygen atoms in total. The summed E-state index contributed by atoms with van der Waals surface area (Å²) in [5, 5.41) is 0. The highest BCUT2D eigenvalue weighted by molar-refractivity contribution is 6.62. The molecule has 0 aromatic carbocycles. The Morgan fingerprint density at radius 3 is 2.40 bits per heavy atom. The van der Waals surface area contributed by atoms with Gasteiger partial charge in [-0.3, -0.25) is 9.78 Å². The van der Waals surface area contributed by atoms with Crippen LogP contribution < -0.4 is 11.2 Å². The van der Waals surface area contributed by atoms with Crippen LogP contribution in [0.1, 0.15) is 33.4 Å². The Labute approximate surface area is 117 Å². The minimum absolute atomic E-state index is 0.00436. The Morgan fingerprint density at radius 1 is 1.35 bits per heavy atom. The number of hydrogen-bond donors (Lipinski definition) is 1. The predicted octanol–water partition coefficient (Wildman–Crippen LogP) is 0.548. The topological polar surface area (TPSA) is 74.4 Å². The van der Waals surface area contributed by atoms with Crippen LogP contribution in [0.2, 0.25) is 0 Å². The first kappa shape index (κ1) is 14.9. The summed E-state index contributed by atoms with van der Waals surface area (Å²) in [5.41, 5.74) is 4.19. The van der Waals surface area contributed by atoms with Crippen LogP contribution in [0.25, 0.3) is 0 Å². The molecule has 1 amide bonds. The number of carbonyl (C=O) groups excluding carboxylic acids is 1. The van der Waals surface area contributed by atoms with E-state index >= 15 is 0 Å². The molecule has 0 bridgehead atoms. The van der Waals surface area contributed by atoms with Crippen molar-refractivity contribution in [3.8, 4) is 0 Å². The second kappa shape index (κ2) is 4.82. The third-order valence-electron chi connectivity index (χ3n) is 3.84. The molecule has 2 rings (SSSR count). The highest BCUT2D eigenvalue weighted by Gasteiger charge is 2.52. The number of carbonyl (C=O) groups is 1.